The van der Waals surface area contributed by atoms with Gasteiger partial charge in [0.2, 0.25) is 0 Å². The van der Waals surface area contributed by atoms with Gasteiger partial charge in [-0.25, -0.2) is 4.79 Å². The van der Waals surface area contributed by atoms with Gasteiger partial charge >= 0.3 is 5.97 Å². The van der Waals surface area contributed by atoms with E-state index < -0.39 is 17.7 Å². The Hall–Kier alpha value is -1.17. The molecule has 0 radical (unpaired) electrons. The highest BCUT2D eigenvalue weighted by atomic mass is 16.6. The number of aliphatic carboxylic acids is 1. The lowest BCUT2D eigenvalue weighted by molar-refractivity contribution is -0.133. The summed E-state index contributed by atoms with van der Waals surface area (Å²) >= 11 is 0. The van der Waals surface area contributed by atoms with Crippen molar-refractivity contribution in [1.29, 1.82) is 0 Å². The van der Waals surface area contributed by atoms with Gasteiger partial charge in [0.1, 0.15) is 0 Å². The number of allylic oxidation sites excluding steroid dienone is 2. The molecule has 2 rings (SSSR count). The van der Waals surface area contributed by atoms with Gasteiger partial charge in [0.05, 0.1) is 23.4 Å². The van der Waals surface area contributed by atoms with Crippen molar-refractivity contribution >= 4 is 5.97 Å². The topological polar surface area (TPSA) is 90.3 Å². The average molecular weight is 352 g/mol. The molecule has 5 heteroatoms. The van der Waals surface area contributed by atoms with Crippen LogP contribution in [0.15, 0.2) is 23.8 Å². The molecule has 3 N–H and O–H groups in total. The van der Waals surface area contributed by atoms with E-state index in [1.54, 1.807) is 6.92 Å². The molecule has 1 heterocycles. The molecule has 0 amide bonds. The molecular weight excluding hydrogens is 320 g/mol. The molecule has 1 aliphatic carbocycles. The van der Waals surface area contributed by atoms with E-state index in [4.69, 9.17) is 4.74 Å². The molecule has 0 bridgehead atoms. The number of carboxylic acid groups (broad SMARTS) is 1. The average Bonchev–Trinajstić information content (AvgIpc) is 3.17. The van der Waals surface area contributed by atoms with Gasteiger partial charge in [-0.1, -0.05) is 18.2 Å². The van der Waals surface area contributed by atoms with Crippen LogP contribution in [0.3, 0.4) is 0 Å². The molecule has 0 spiro atoms. The summed E-state index contributed by atoms with van der Waals surface area (Å²) in [4.78, 5) is 11.4. The number of ether oxygens (including phenoxy) is 1. The largest absolute Gasteiger partial charge is 0.478 e. The first-order valence-corrected chi connectivity index (χ1v) is 9.21. The van der Waals surface area contributed by atoms with Crippen LogP contribution in [0.25, 0.3) is 0 Å². The van der Waals surface area contributed by atoms with Crippen LogP contribution >= 0.6 is 0 Å². The van der Waals surface area contributed by atoms with Crippen molar-refractivity contribution in [2.45, 2.75) is 89.1 Å². The second-order valence-electron chi connectivity index (χ2n) is 8.22. The van der Waals surface area contributed by atoms with E-state index in [0.29, 0.717) is 25.7 Å². The van der Waals surface area contributed by atoms with E-state index in [2.05, 4.69) is 19.6 Å². The number of fused-ring (bicyclic) bond motifs is 1. The van der Waals surface area contributed by atoms with Gasteiger partial charge in [-0.3, -0.25) is 0 Å². The molecule has 1 saturated heterocycles. The maximum atomic E-state index is 11.4. The predicted octanol–water partition coefficient (Wildman–Crippen LogP) is 3.20. The van der Waals surface area contributed by atoms with E-state index in [1.807, 2.05) is 6.92 Å². The standard InChI is InChI=1S/C20H32O5/c1-13-6-5-10-20(4)17(25-20)12-15(14(2)18(22)23)9-11-19(3,24)16(21)8-7-13/h6,15-17,21,24H,2,5,7-12H2,1,3-4H3,(H,22,23)/t15-,16+,17+,19-,20+/m1/s1. The van der Waals surface area contributed by atoms with Gasteiger partial charge in [-0.05, 0) is 71.6 Å². The van der Waals surface area contributed by atoms with Gasteiger partial charge in [-0.15, -0.1) is 0 Å². The lowest BCUT2D eigenvalue weighted by Gasteiger charge is -2.31. The molecular formula is C20H32O5. The van der Waals surface area contributed by atoms with Crippen LogP contribution in [-0.4, -0.2) is 44.7 Å². The first-order valence-electron chi connectivity index (χ1n) is 9.21. The van der Waals surface area contributed by atoms with Crippen LogP contribution in [0, 0.1) is 5.92 Å². The molecule has 5 nitrogen and oxygen atoms in total. The third-order valence-electron chi connectivity index (χ3n) is 5.96. The zero-order valence-corrected chi connectivity index (χ0v) is 15.6. The number of epoxide rings is 1. The van der Waals surface area contributed by atoms with Crippen molar-refractivity contribution in [3.8, 4) is 0 Å². The van der Waals surface area contributed by atoms with Gasteiger partial charge in [0, 0.05) is 5.57 Å². The minimum absolute atomic E-state index is 0.0279. The monoisotopic (exact) mass is 352 g/mol. The molecule has 2 aliphatic rings. The van der Waals surface area contributed by atoms with Crippen molar-refractivity contribution in [1.82, 2.24) is 0 Å². The molecule has 0 unspecified atom stereocenters. The fourth-order valence-corrected chi connectivity index (χ4v) is 3.69. The van der Waals surface area contributed by atoms with Gasteiger partial charge in [0.25, 0.3) is 0 Å². The SMILES string of the molecule is C=C(C(=O)O)[C@@H]1CC[C@@](C)(O)[C@@H](O)CCC(C)=CCC[C@]2(C)O[C@H]2C1. The summed E-state index contributed by atoms with van der Waals surface area (Å²) in [5, 5.41) is 30.3. The fourth-order valence-electron chi connectivity index (χ4n) is 3.69. The number of carboxylic acids is 1. The summed E-state index contributed by atoms with van der Waals surface area (Å²) in [5.41, 5.74) is -0.0643. The third-order valence-corrected chi connectivity index (χ3v) is 5.96. The van der Waals surface area contributed by atoms with Gasteiger partial charge in [0.15, 0.2) is 0 Å². The second kappa shape index (κ2) is 7.60. The Morgan fingerprint density at radius 3 is 2.64 bits per heavy atom. The Morgan fingerprint density at radius 2 is 2.00 bits per heavy atom. The molecule has 1 fully saturated rings. The van der Waals surface area contributed by atoms with E-state index >= 15 is 0 Å². The minimum Gasteiger partial charge on any atom is -0.478 e. The Balaban J connectivity index is 2.17. The summed E-state index contributed by atoms with van der Waals surface area (Å²) in [5.74, 6) is -1.27. The maximum absolute atomic E-state index is 11.4. The van der Waals surface area contributed by atoms with Crippen LogP contribution < -0.4 is 0 Å². The molecule has 0 saturated carbocycles. The Bertz CT molecular complexity index is 550. The normalized spacial score (nSPS) is 40.4. The lowest BCUT2D eigenvalue weighted by Crippen LogP contribution is -2.40. The van der Waals surface area contributed by atoms with Crippen molar-refractivity contribution < 1.29 is 24.9 Å². The number of aliphatic hydroxyl groups excluding tert-OH is 1. The highest BCUT2D eigenvalue weighted by molar-refractivity contribution is 5.86. The molecule has 25 heavy (non-hydrogen) atoms. The summed E-state index contributed by atoms with van der Waals surface area (Å²) in [6, 6.07) is 0. The van der Waals surface area contributed by atoms with E-state index in [0.717, 1.165) is 19.3 Å². The lowest BCUT2D eigenvalue weighted by atomic mass is 9.81. The minimum atomic E-state index is -1.24. The Kier molecular flexibility index (Phi) is 6.13. The molecule has 5 atom stereocenters. The van der Waals surface area contributed by atoms with Crippen LogP contribution in [0.4, 0.5) is 0 Å². The van der Waals surface area contributed by atoms with Crippen LogP contribution in [0.2, 0.25) is 0 Å². The summed E-state index contributed by atoms with van der Waals surface area (Å²) in [6.45, 7) is 9.48. The molecule has 0 aromatic heterocycles. The Morgan fingerprint density at radius 1 is 1.32 bits per heavy atom. The first kappa shape index (κ1) is 20.1. The maximum Gasteiger partial charge on any atom is 0.331 e. The van der Waals surface area contributed by atoms with E-state index in [9.17, 15) is 20.1 Å². The van der Waals surface area contributed by atoms with E-state index in [-0.39, 0.29) is 23.2 Å². The number of hydrogen-bond donors (Lipinski definition) is 3. The van der Waals surface area contributed by atoms with Crippen molar-refractivity contribution in [3.05, 3.63) is 23.8 Å². The van der Waals surface area contributed by atoms with Crippen LogP contribution in [0.1, 0.15) is 65.7 Å². The van der Waals surface area contributed by atoms with Crippen molar-refractivity contribution in [3.63, 3.8) is 0 Å². The molecule has 142 valence electrons. The zero-order valence-electron chi connectivity index (χ0n) is 15.6. The second-order valence-corrected chi connectivity index (χ2v) is 8.22. The number of rotatable bonds is 2. The van der Waals surface area contributed by atoms with Gasteiger partial charge in [-0.2, -0.15) is 0 Å². The Labute approximate surface area is 150 Å². The van der Waals surface area contributed by atoms with E-state index in [1.165, 1.54) is 5.57 Å². The first-order chi connectivity index (χ1) is 11.5. The highest BCUT2D eigenvalue weighted by Gasteiger charge is 2.52. The number of aliphatic hydroxyl groups is 2. The van der Waals surface area contributed by atoms with Crippen molar-refractivity contribution in [2.75, 3.05) is 0 Å². The fraction of sp³-hybridized carbons (Fsp3) is 0.750. The highest BCUT2D eigenvalue weighted by Crippen LogP contribution is 2.46. The summed E-state index contributed by atoms with van der Waals surface area (Å²) in [7, 11) is 0. The molecule has 0 aromatic carbocycles. The summed E-state index contributed by atoms with van der Waals surface area (Å²) < 4.78 is 5.87. The molecule has 1 aliphatic heterocycles. The third kappa shape index (κ3) is 5.16. The summed E-state index contributed by atoms with van der Waals surface area (Å²) in [6.07, 6.45) is 5.80. The quantitative estimate of drug-likeness (QED) is 0.403. The van der Waals surface area contributed by atoms with Crippen LogP contribution in [-0.2, 0) is 9.53 Å². The van der Waals surface area contributed by atoms with Gasteiger partial charge < -0.3 is 20.1 Å². The smallest absolute Gasteiger partial charge is 0.331 e. The number of carbonyl (C=O) groups is 1. The predicted molar refractivity (Wildman–Crippen MR) is 96.3 cm³/mol. The van der Waals surface area contributed by atoms with Crippen molar-refractivity contribution in [2.24, 2.45) is 5.92 Å². The van der Waals surface area contributed by atoms with Crippen LogP contribution in [0.5, 0.6) is 0 Å². The molecule has 0 aromatic rings. The zero-order chi connectivity index (χ0) is 18.8. The number of hydrogen-bond acceptors (Lipinski definition) is 4.